The van der Waals surface area contributed by atoms with E-state index in [-0.39, 0.29) is 18.1 Å². The molecule has 2 aliphatic heterocycles. The van der Waals surface area contributed by atoms with Crippen molar-refractivity contribution in [2.24, 2.45) is 0 Å². The van der Waals surface area contributed by atoms with Crippen LogP contribution in [0.3, 0.4) is 0 Å². The Morgan fingerprint density at radius 1 is 1.10 bits per heavy atom. The summed E-state index contributed by atoms with van der Waals surface area (Å²) in [5.74, 6) is 6.70. The van der Waals surface area contributed by atoms with Gasteiger partial charge in [0.15, 0.2) is 0 Å². The van der Waals surface area contributed by atoms with E-state index in [1.54, 1.807) is 6.92 Å². The molecule has 150 valence electrons. The van der Waals surface area contributed by atoms with E-state index in [1.807, 2.05) is 60.4 Å². The first-order valence-corrected chi connectivity index (χ1v) is 9.98. The predicted molar refractivity (Wildman–Crippen MR) is 110 cm³/mol. The van der Waals surface area contributed by atoms with Crippen molar-refractivity contribution in [3.63, 3.8) is 0 Å². The molecule has 2 aromatic carbocycles. The van der Waals surface area contributed by atoms with Gasteiger partial charge in [0, 0.05) is 17.7 Å². The number of carbonyl (C=O) groups is 1. The van der Waals surface area contributed by atoms with E-state index in [0.717, 1.165) is 16.8 Å². The molecule has 2 fully saturated rings. The number of hydrogen-bond acceptors (Lipinski definition) is 4. The Morgan fingerprint density at radius 2 is 1.83 bits per heavy atom. The second-order valence-corrected chi connectivity index (χ2v) is 7.59. The van der Waals surface area contributed by atoms with Crippen molar-refractivity contribution in [1.29, 1.82) is 0 Å². The standard InChI is InChI=1S/C24H25NO4/c1-3-4-17-5-9-19(10-6-17)25-22(15-23(25)27)18-7-11-21(12-8-18)29-24-14-20(26)13-16(2)28-24/h5-12,16,20,22,24,26H,13-15H2,1-2H3/t16-,20+,22+,24+/m1/s1. The lowest BCUT2D eigenvalue weighted by Crippen LogP contribution is -2.46. The summed E-state index contributed by atoms with van der Waals surface area (Å²) in [5.41, 5.74) is 2.88. The molecule has 0 spiro atoms. The van der Waals surface area contributed by atoms with Crippen molar-refractivity contribution < 1.29 is 19.4 Å². The highest BCUT2D eigenvalue weighted by molar-refractivity contribution is 6.01. The molecule has 2 aliphatic rings. The molecule has 2 aromatic rings. The summed E-state index contributed by atoms with van der Waals surface area (Å²) >= 11 is 0. The van der Waals surface area contributed by atoms with Crippen molar-refractivity contribution in [2.45, 2.75) is 57.6 Å². The fourth-order valence-corrected chi connectivity index (χ4v) is 3.92. The van der Waals surface area contributed by atoms with Gasteiger partial charge in [0.25, 0.3) is 0 Å². The van der Waals surface area contributed by atoms with Crippen LogP contribution < -0.4 is 9.64 Å². The molecule has 0 aromatic heterocycles. The highest BCUT2D eigenvalue weighted by Crippen LogP contribution is 2.39. The molecular formula is C24H25NO4. The van der Waals surface area contributed by atoms with E-state index in [0.29, 0.717) is 25.0 Å². The monoisotopic (exact) mass is 391 g/mol. The zero-order valence-electron chi connectivity index (χ0n) is 16.7. The number of aliphatic hydroxyl groups excluding tert-OH is 1. The summed E-state index contributed by atoms with van der Waals surface area (Å²) in [6.45, 7) is 3.74. The first kappa shape index (κ1) is 19.5. The van der Waals surface area contributed by atoms with Gasteiger partial charge in [-0.1, -0.05) is 18.1 Å². The quantitative estimate of drug-likeness (QED) is 0.636. The van der Waals surface area contributed by atoms with Gasteiger partial charge in [-0.25, -0.2) is 0 Å². The van der Waals surface area contributed by atoms with Crippen molar-refractivity contribution in [1.82, 2.24) is 0 Å². The Hall–Kier alpha value is -2.81. The van der Waals surface area contributed by atoms with Crippen LogP contribution in [0.5, 0.6) is 5.75 Å². The molecule has 1 amide bonds. The molecule has 1 N–H and O–H groups in total. The summed E-state index contributed by atoms with van der Waals surface area (Å²) in [4.78, 5) is 14.1. The van der Waals surface area contributed by atoms with Gasteiger partial charge in [-0.3, -0.25) is 4.79 Å². The Kier molecular flexibility index (Phi) is 5.57. The topological polar surface area (TPSA) is 59.0 Å². The number of anilines is 1. The lowest BCUT2D eigenvalue weighted by atomic mass is 9.93. The molecule has 0 aliphatic carbocycles. The fourth-order valence-electron chi connectivity index (χ4n) is 3.92. The molecule has 0 saturated carbocycles. The van der Waals surface area contributed by atoms with Gasteiger partial charge >= 0.3 is 0 Å². The molecule has 2 saturated heterocycles. The molecule has 29 heavy (non-hydrogen) atoms. The number of carbonyl (C=O) groups excluding carboxylic acids is 1. The molecular weight excluding hydrogens is 366 g/mol. The molecule has 5 heteroatoms. The third kappa shape index (κ3) is 4.29. The summed E-state index contributed by atoms with van der Waals surface area (Å²) in [6.07, 6.45) is 0.739. The van der Waals surface area contributed by atoms with Crippen molar-refractivity contribution in [2.75, 3.05) is 4.90 Å². The third-order valence-electron chi connectivity index (χ3n) is 5.35. The van der Waals surface area contributed by atoms with Crippen LogP contribution in [0.1, 0.15) is 50.3 Å². The van der Waals surface area contributed by atoms with E-state index in [4.69, 9.17) is 9.47 Å². The second-order valence-electron chi connectivity index (χ2n) is 7.59. The van der Waals surface area contributed by atoms with Crippen molar-refractivity contribution >= 4 is 11.6 Å². The molecule has 0 radical (unpaired) electrons. The SMILES string of the molecule is CC#Cc1ccc(N2C(=O)C[C@H]2c2ccc(O[C@H]3C[C@@H](O)C[C@@H](C)O3)cc2)cc1. The van der Waals surface area contributed by atoms with Crippen LogP contribution in [0.2, 0.25) is 0 Å². The fraction of sp³-hybridized carbons (Fsp3) is 0.375. The van der Waals surface area contributed by atoms with Crippen molar-refractivity contribution in [3.8, 4) is 17.6 Å². The number of ether oxygens (including phenoxy) is 2. The number of hydrogen-bond donors (Lipinski definition) is 1. The lowest BCUT2D eigenvalue weighted by Gasteiger charge is -2.41. The normalized spacial score (nSPS) is 26.3. The average molecular weight is 391 g/mol. The van der Waals surface area contributed by atoms with Crippen LogP contribution in [-0.4, -0.2) is 29.5 Å². The van der Waals surface area contributed by atoms with Crippen LogP contribution >= 0.6 is 0 Å². The van der Waals surface area contributed by atoms with Crippen molar-refractivity contribution in [3.05, 3.63) is 59.7 Å². The number of rotatable bonds is 4. The molecule has 0 unspecified atom stereocenters. The van der Waals surface area contributed by atoms with E-state index in [1.165, 1.54) is 0 Å². The van der Waals surface area contributed by atoms with Crippen LogP contribution in [0.4, 0.5) is 5.69 Å². The van der Waals surface area contributed by atoms with E-state index in [9.17, 15) is 9.90 Å². The minimum atomic E-state index is -0.439. The highest BCUT2D eigenvalue weighted by atomic mass is 16.7. The molecule has 5 nitrogen and oxygen atoms in total. The van der Waals surface area contributed by atoms with E-state index in [2.05, 4.69) is 11.8 Å². The second kappa shape index (κ2) is 8.28. The maximum absolute atomic E-state index is 12.2. The Labute approximate surface area is 171 Å². The van der Waals surface area contributed by atoms with Gasteiger partial charge in [0.05, 0.1) is 24.7 Å². The van der Waals surface area contributed by atoms with Gasteiger partial charge in [0.1, 0.15) is 5.75 Å². The zero-order valence-corrected chi connectivity index (χ0v) is 16.7. The Morgan fingerprint density at radius 3 is 2.45 bits per heavy atom. The van der Waals surface area contributed by atoms with E-state index < -0.39 is 12.4 Å². The van der Waals surface area contributed by atoms with Gasteiger partial charge < -0.3 is 19.5 Å². The third-order valence-corrected chi connectivity index (χ3v) is 5.35. The summed E-state index contributed by atoms with van der Waals surface area (Å²) in [7, 11) is 0. The van der Waals surface area contributed by atoms with Gasteiger partial charge in [-0.15, -0.1) is 5.92 Å². The maximum atomic E-state index is 12.2. The summed E-state index contributed by atoms with van der Waals surface area (Å²) < 4.78 is 11.6. The summed E-state index contributed by atoms with van der Waals surface area (Å²) in [5, 5.41) is 9.89. The molecule has 0 bridgehead atoms. The number of nitrogens with zero attached hydrogens (tertiary/aromatic N) is 1. The minimum absolute atomic E-state index is 0.0208. The van der Waals surface area contributed by atoms with Gasteiger partial charge in [0.2, 0.25) is 12.2 Å². The lowest BCUT2D eigenvalue weighted by molar-refractivity contribution is -0.169. The number of aliphatic hydroxyl groups is 1. The minimum Gasteiger partial charge on any atom is -0.465 e. The first-order valence-electron chi connectivity index (χ1n) is 9.98. The Balaban J connectivity index is 1.44. The van der Waals surface area contributed by atoms with Crippen LogP contribution in [0.15, 0.2) is 48.5 Å². The van der Waals surface area contributed by atoms with E-state index >= 15 is 0 Å². The first-order chi connectivity index (χ1) is 14.0. The molecule has 4 atom stereocenters. The largest absolute Gasteiger partial charge is 0.465 e. The van der Waals surface area contributed by atoms with Crippen LogP contribution in [0.25, 0.3) is 0 Å². The maximum Gasteiger partial charge on any atom is 0.230 e. The zero-order chi connectivity index (χ0) is 20.4. The van der Waals surface area contributed by atoms with Crippen LogP contribution in [-0.2, 0) is 9.53 Å². The number of benzene rings is 2. The summed E-state index contributed by atoms with van der Waals surface area (Å²) in [6, 6.07) is 15.5. The van der Waals surface area contributed by atoms with Gasteiger partial charge in [-0.05, 0) is 62.2 Å². The number of β-lactam (4-membered cyclic amide) rings is 1. The predicted octanol–water partition coefficient (Wildman–Crippen LogP) is 3.80. The number of amides is 1. The molecule has 4 rings (SSSR count). The van der Waals surface area contributed by atoms with Gasteiger partial charge in [-0.2, -0.15) is 0 Å². The Bertz CT molecular complexity index is 916. The smallest absolute Gasteiger partial charge is 0.230 e. The molecule has 2 heterocycles. The van der Waals surface area contributed by atoms with Crippen LogP contribution in [0, 0.1) is 11.8 Å². The highest BCUT2D eigenvalue weighted by Gasteiger charge is 2.38. The average Bonchev–Trinajstić information content (AvgIpc) is 2.68.